The van der Waals surface area contributed by atoms with Gasteiger partial charge in [-0.25, -0.2) is 0 Å². The Labute approximate surface area is 218 Å². The largest absolute Gasteiger partial charge is 0.457 e. The number of nitrogens with zero attached hydrogens (tertiary/aromatic N) is 2. The first-order valence-corrected chi connectivity index (χ1v) is 12.6. The maximum Gasteiger partial charge on any atom is 0.331 e. The van der Waals surface area contributed by atoms with Crippen molar-refractivity contribution >= 4 is 68.6 Å². The van der Waals surface area contributed by atoms with Crippen LogP contribution in [-0.2, 0) is 9.59 Å². The van der Waals surface area contributed by atoms with Crippen LogP contribution in [0.1, 0.15) is 4.88 Å². The normalized spacial score (nSPS) is 14.7. The Hall–Kier alpha value is -4.19. The van der Waals surface area contributed by atoms with Crippen molar-refractivity contribution in [2.45, 2.75) is 0 Å². The first-order valence-electron chi connectivity index (χ1n) is 10.5. The van der Waals surface area contributed by atoms with Gasteiger partial charge in [0.15, 0.2) is 5.11 Å². The molecule has 0 spiro atoms. The Morgan fingerprint density at radius 2 is 1.58 bits per heavy atom. The lowest BCUT2D eigenvalue weighted by Gasteiger charge is -2.29. The molecular formula is C25H15N3O5S3. The molecule has 0 radical (unpaired) electrons. The number of carbonyl (C=O) groups is 2. The van der Waals surface area contributed by atoms with Crippen molar-refractivity contribution in [2.75, 3.05) is 4.90 Å². The minimum atomic E-state index is -0.635. The second kappa shape index (κ2) is 9.82. The Kier molecular flexibility index (Phi) is 6.42. The van der Waals surface area contributed by atoms with Crippen LogP contribution in [-0.4, -0.2) is 21.9 Å². The van der Waals surface area contributed by atoms with Crippen molar-refractivity contribution in [1.29, 1.82) is 0 Å². The molecule has 4 aromatic rings. The Bertz CT molecular complexity index is 1520. The van der Waals surface area contributed by atoms with Crippen LogP contribution in [0.25, 0.3) is 17.2 Å². The molecule has 8 nitrogen and oxygen atoms in total. The third-order valence-corrected chi connectivity index (χ3v) is 7.26. The molecule has 2 amide bonds. The van der Waals surface area contributed by atoms with E-state index < -0.39 is 16.7 Å². The molecule has 2 aromatic heterocycles. The number of carbonyl (C=O) groups excluding carboxylic acids is 2. The Balaban J connectivity index is 1.45. The second-order valence-corrected chi connectivity index (χ2v) is 9.69. The Morgan fingerprint density at radius 1 is 0.917 bits per heavy atom. The fourth-order valence-corrected chi connectivity index (χ4v) is 5.46. The van der Waals surface area contributed by atoms with Gasteiger partial charge in [-0.2, -0.15) is 0 Å². The van der Waals surface area contributed by atoms with E-state index in [0.29, 0.717) is 33.2 Å². The van der Waals surface area contributed by atoms with Crippen molar-refractivity contribution in [1.82, 2.24) is 5.32 Å². The van der Waals surface area contributed by atoms with Crippen LogP contribution in [0.15, 0.2) is 83.1 Å². The number of para-hydroxylation sites is 1. The van der Waals surface area contributed by atoms with Crippen molar-refractivity contribution in [3.8, 4) is 22.6 Å². The number of thiocarbonyl (C=S) groups is 1. The van der Waals surface area contributed by atoms with Gasteiger partial charge in [-0.05, 0) is 77.6 Å². The zero-order valence-corrected chi connectivity index (χ0v) is 20.7. The lowest BCUT2D eigenvalue weighted by Crippen LogP contribution is -2.54. The van der Waals surface area contributed by atoms with Crippen LogP contribution in [0.3, 0.4) is 0 Å². The van der Waals surface area contributed by atoms with Gasteiger partial charge in [-0.1, -0.05) is 29.5 Å². The molecule has 1 aliphatic heterocycles. The van der Waals surface area contributed by atoms with Crippen LogP contribution in [0.5, 0.6) is 11.5 Å². The highest BCUT2D eigenvalue weighted by Crippen LogP contribution is 2.39. The van der Waals surface area contributed by atoms with Crippen molar-refractivity contribution < 1.29 is 19.2 Å². The standard InChI is InChI=1S/C25H15N3O5S3/c29-22-20(14-21-18(10-12-35-21)19-11-13-36-24(19)28(31)32)23(30)27(25(34)26-22)15-6-8-17(9-7-15)33-16-4-2-1-3-5-16/h1-14H,(H,26,29,34). The van der Waals surface area contributed by atoms with Crippen molar-refractivity contribution in [3.63, 3.8) is 0 Å². The minimum absolute atomic E-state index is 0.00640. The van der Waals surface area contributed by atoms with E-state index >= 15 is 0 Å². The average molecular weight is 534 g/mol. The third kappa shape index (κ3) is 4.54. The van der Waals surface area contributed by atoms with E-state index in [1.54, 1.807) is 47.2 Å². The number of thiophene rings is 2. The maximum absolute atomic E-state index is 13.4. The number of amides is 2. The molecule has 1 aliphatic rings. The topological polar surface area (TPSA) is 102 Å². The third-order valence-electron chi connectivity index (χ3n) is 5.25. The van der Waals surface area contributed by atoms with Gasteiger partial charge in [-0.15, -0.1) is 11.3 Å². The van der Waals surface area contributed by atoms with Gasteiger partial charge in [-0.3, -0.25) is 29.9 Å². The first kappa shape index (κ1) is 23.5. The quantitative estimate of drug-likeness (QED) is 0.107. The predicted molar refractivity (Wildman–Crippen MR) is 143 cm³/mol. The molecular weight excluding hydrogens is 518 g/mol. The van der Waals surface area contributed by atoms with Crippen LogP contribution in [0, 0.1) is 10.1 Å². The highest BCUT2D eigenvalue weighted by molar-refractivity contribution is 7.80. The highest BCUT2D eigenvalue weighted by Gasteiger charge is 2.35. The van der Waals surface area contributed by atoms with Gasteiger partial charge < -0.3 is 4.74 Å². The minimum Gasteiger partial charge on any atom is -0.457 e. The first-order chi connectivity index (χ1) is 17.4. The van der Waals surface area contributed by atoms with Gasteiger partial charge in [0.05, 0.1) is 16.2 Å². The number of ether oxygens (including phenoxy) is 1. The molecule has 11 heteroatoms. The number of nitro groups is 1. The van der Waals surface area contributed by atoms with E-state index in [9.17, 15) is 19.7 Å². The maximum atomic E-state index is 13.4. The van der Waals surface area contributed by atoms with E-state index in [1.165, 1.54) is 22.3 Å². The van der Waals surface area contributed by atoms with Gasteiger partial charge in [0.2, 0.25) is 0 Å². The van der Waals surface area contributed by atoms with E-state index in [0.717, 1.165) is 11.3 Å². The summed E-state index contributed by atoms with van der Waals surface area (Å²) in [7, 11) is 0. The van der Waals surface area contributed by atoms with Crippen molar-refractivity contribution in [2.24, 2.45) is 0 Å². The summed E-state index contributed by atoms with van der Waals surface area (Å²) in [6.45, 7) is 0. The highest BCUT2D eigenvalue weighted by atomic mass is 32.1. The van der Waals surface area contributed by atoms with Gasteiger partial charge in [0.1, 0.15) is 17.1 Å². The summed E-state index contributed by atoms with van der Waals surface area (Å²) in [6, 6.07) is 19.4. The van der Waals surface area contributed by atoms with E-state index in [-0.39, 0.29) is 15.7 Å². The summed E-state index contributed by atoms with van der Waals surface area (Å²) in [4.78, 5) is 38.8. The molecule has 3 heterocycles. The van der Waals surface area contributed by atoms with Crippen molar-refractivity contribution in [3.05, 3.63) is 98.1 Å². The van der Waals surface area contributed by atoms with E-state index in [4.69, 9.17) is 17.0 Å². The number of hydrogen-bond acceptors (Lipinski definition) is 8. The molecule has 1 fully saturated rings. The number of rotatable bonds is 6. The van der Waals surface area contributed by atoms with Crippen LogP contribution in [0.4, 0.5) is 10.7 Å². The fourth-order valence-electron chi connectivity index (χ4n) is 3.61. The molecule has 5 rings (SSSR count). The summed E-state index contributed by atoms with van der Waals surface area (Å²) in [6.07, 6.45) is 1.45. The van der Waals surface area contributed by atoms with Gasteiger partial charge in [0, 0.05) is 10.4 Å². The summed E-state index contributed by atoms with van der Waals surface area (Å²) in [5.74, 6) is 0.00900. The molecule has 1 saturated heterocycles. The predicted octanol–water partition coefficient (Wildman–Crippen LogP) is 6.01. The molecule has 2 aromatic carbocycles. The average Bonchev–Trinajstić information content (AvgIpc) is 3.53. The Morgan fingerprint density at radius 3 is 2.31 bits per heavy atom. The zero-order chi connectivity index (χ0) is 25.2. The van der Waals surface area contributed by atoms with Crippen LogP contribution < -0.4 is 15.0 Å². The second-order valence-electron chi connectivity index (χ2n) is 7.46. The van der Waals surface area contributed by atoms with Gasteiger partial charge >= 0.3 is 5.00 Å². The summed E-state index contributed by atoms with van der Waals surface area (Å²) < 4.78 is 5.79. The summed E-state index contributed by atoms with van der Waals surface area (Å²) in [5.41, 5.74) is 1.33. The SMILES string of the molecule is O=C1NC(=S)N(c2ccc(Oc3ccccc3)cc2)C(=O)C1=Cc1sccc1-c1ccsc1[N+](=O)[O-]. The molecule has 0 unspecified atom stereocenters. The van der Waals surface area contributed by atoms with Gasteiger partial charge in [0.25, 0.3) is 11.8 Å². The van der Waals surface area contributed by atoms with E-state index in [2.05, 4.69) is 5.32 Å². The molecule has 0 saturated carbocycles. The molecule has 0 aliphatic carbocycles. The lowest BCUT2D eigenvalue weighted by atomic mass is 10.1. The number of benzene rings is 2. The molecule has 0 bridgehead atoms. The number of anilines is 1. The molecule has 0 atom stereocenters. The van der Waals surface area contributed by atoms with Crippen LogP contribution >= 0.6 is 34.9 Å². The monoisotopic (exact) mass is 533 g/mol. The fraction of sp³-hybridized carbons (Fsp3) is 0. The lowest BCUT2D eigenvalue weighted by molar-refractivity contribution is -0.379. The molecule has 178 valence electrons. The zero-order valence-electron chi connectivity index (χ0n) is 18.2. The van der Waals surface area contributed by atoms with E-state index in [1.807, 2.05) is 30.3 Å². The number of hydrogen-bond donors (Lipinski definition) is 1. The summed E-state index contributed by atoms with van der Waals surface area (Å²) >= 11 is 7.57. The molecule has 1 N–H and O–H groups in total. The molecule has 36 heavy (non-hydrogen) atoms. The smallest absolute Gasteiger partial charge is 0.331 e. The number of nitrogens with one attached hydrogen (secondary N) is 1. The van der Waals surface area contributed by atoms with Crippen LogP contribution in [0.2, 0.25) is 0 Å². The summed E-state index contributed by atoms with van der Waals surface area (Å²) in [5, 5.41) is 17.3.